The Bertz CT molecular complexity index is 644. The standard InChI is InChI=1S/C14H10INO3/c15-13-6-5-12(19-13)9-16-11-3-1-2-10(8-11)4-7-14(17)18/h1-9H,(H,17,18)/b7-4-,16-9?. The van der Waals surface area contributed by atoms with E-state index >= 15 is 0 Å². The van der Waals surface area contributed by atoms with Gasteiger partial charge in [0, 0.05) is 6.08 Å². The Morgan fingerprint density at radius 1 is 1.32 bits per heavy atom. The number of carbonyl (C=O) groups is 1. The molecule has 1 N–H and O–H groups in total. The molecule has 0 unspecified atom stereocenters. The first-order chi connectivity index (χ1) is 9.13. The number of aliphatic carboxylic acids is 1. The lowest BCUT2D eigenvalue weighted by molar-refractivity contribution is -0.131. The predicted molar refractivity (Wildman–Crippen MR) is 81.8 cm³/mol. The van der Waals surface area contributed by atoms with Gasteiger partial charge in [0.15, 0.2) is 3.77 Å². The number of hydrogen-bond donors (Lipinski definition) is 1. The van der Waals surface area contributed by atoms with Crippen molar-refractivity contribution in [1.82, 2.24) is 0 Å². The summed E-state index contributed by atoms with van der Waals surface area (Å²) in [7, 11) is 0. The summed E-state index contributed by atoms with van der Waals surface area (Å²) in [6.45, 7) is 0. The number of carboxylic acids is 1. The summed E-state index contributed by atoms with van der Waals surface area (Å²) in [6.07, 6.45) is 4.25. The zero-order valence-electron chi connectivity index (χ0n) is 9.79. The number of nitrogens with zero attached hydrogens (tertiary/aromatic N) is 1. The highest BCUT2D eigenvalue weighted by Crippen LogP contribution is 2.16. The average Bonchev–Trinajstić information content (AvgIpc) is 2.80. The van der Waals surface area contributed by atoms with Gasteiger partial charge in [0.1, 0.15) is 5.76 Å². The first-order valence-corrected chi connectivity index (χ1v) is 6.52. The summed E-state index contributed by atoms with van der Waals surface area (Å²) in [4.78, 5) is 14.7. The topological polar surface area (TPSA) is 62.8 Å². The van der Waals surface area contributed by atoms with Crippen LogP contribution in [0.15, 0.2) is 51.9 Å². The summed E-state index contributed by atoms with van der Waals surface area (Å²) in [5.41, 5.74) is 1.52. The number of benzene rings is 1. The van der Waals surface area contributed by atoms with Crippen LogP contribution in [-0.4, -0.2) is 17.3 Å². The second-order valence-electron chi connectivity index (χ2n) is 3.67. The van der Waals surface area contributed by atoms with E-state index < -0.39 is 5.97 Å². The number of halogens is 1. The van der Waals surface area contributed by atoms with Gasteiger partial charge < -0.3 is 9.52 Å². The molecule has 0 saturated heterocycles. The van der Waals surface area contributed by atoms with Crippen molar-refractivity contribution < 1.29 is 14.3 Å². The van der Waals surface area contributed by atoms with E-state index in [1.165, 1.54) is 6.08 Å². The van der Waals surface area contributed by atoms with E-state index in [0.29, 0.717) is 5.76 Å². The van der Waals surface area contributed by atoms with Crippen LogP contribution in [-0.2, 0) is 4.79 Å². The van der Waals surface area contributed by atoms with Crippen LogP contribution >= 0.6 is 22.6 Å². The van der Waals surface area contributed by atoms with Crippen molar-refractivity contribution in [1.29, 1.82) is 0 Å². The Morgan fingerprint density at radius 3 is 2.84 bits per heavy atom. The van der Waals surface area contributed by atoms with Crippen molar-refractivity contribution >= 4 is 46.5 Å². The molecule has 4 nitrogen and oxygen atoms in total. The molecule has 19 heavy (non-hydrogen) atoms. The van der Waals surface area contributed by atoms with Crippen molar-refractivity contribution in [3.63, 3.8) is 0 Å². The normalized spacial score (nSPS) is 11.4. The molecule has 0 atom stereocenters. The number of aliphatic imine (C=N–C) groups is 1. The van der Waals surface area contributed by atoms with Crippen molar-refractivity contribution in [2.24, 2.45) is 4.99 Å². The van der Waals surface area contributed by atoms with Crippen molar-refractivity contribution in [3.8, 4) is 0 Å². The van der Waals surface area contributed by atoms with Gasteiger partial charge >= 0.3 is 5.97 Å². The second-order valence-corrected chi connectivity index (χ2v) is 4.73. The Labute approximate surface area is 123 Å². The Morgan fingerprint density at radius 2 is 2.16 bits per heavy atom. The maximum Gasteiger partial charge on any atom is 0.328 e. The molecule has 2 rings (SSSR count). The van der Waals surface area contributed by atoms with Gasteiger partial charge in [0.25, 0.3) is 0 Å². The number of furan rings is 1. The Hall–Kier alpha value is -1.89. The van der Waals surface area contributed by atoms with Gasteiger partial charge in [-0.2, -0.15) is 0 Å². The van der Waals surface area contributed by atoms with E-state index in [2.05, 4.69) is 27.6 Å². The van der Waals surface area contributed by atoms with E-state index in [1.54, 1.807) is 12.3 Å². The minimum Gasteiger partial charge on any atom is -0.478 e. The highest BCUT2D eigenvalue weighted by Gasteiger charge is 1.96. The molecule has 0 aliphatic rings. The van der Waals surface area contributed by atoms with Crippen LogP contribution in [0.25, 0.3) is 6.08 Å². The number of carboxylic acid groups (broad SMARTS) is 1. The first-order valence-electron chi connectivity index (χ1n) is 5.44. The van der Waals surface area contributed by atoms with Crippen molar-refractivity contribution in [2.45, 2.75) is 0 Å². The zero-order chi connectivity index (χ0) is 13.7. The smallest absolute Gasteiger partial charge is 0.328 e. The minimum absolute atomic E-state index is 0.677. The minimum atomic E-state index is -0.973. The molecule has 1 heterocycles. The van der Waals surface area contributed by atoms with E-state index in [-0.39, 0.29) is 0 Å². The van der Waals surface area contributed by atoms with Crippen LogP contribution in [0.3, 0.4) is 0 Å². The summed E-state index contributed by atoms with van der Waals surface area (Å²) in [5.74, 6) is -0.296. The first kappa shape index (κ1) is 13.5. The Kier molecular flexibility index (Phi) is 4.51. The molecule has 5 heteroatoms. The van der Waals surface area contributed by atoms with Crippen LogP contribution in [0.5, 0.6) is 0 Å². The third kappa shape index (κ3) is 4.36. The van der Waals surface area contributed by atoms with E-state index in [0.717, 1.165) is 21.1 Å². The van der Waals surface area contributed by atoms with Crippen LogP contribution < -0.4 is 0 Å². The lowest BCUT2D eigenvalue weighted by Crippen LogP contribution is -1.85. The molecule has 0 fully saturated rings. The summed E-state index contributed by atoms with van der Waals surface area (Å²) >= 11 is 2.08. The molecule has 0 aliphatic carbocycles. The van der Waals surface area contributed by atoms with Gasteiger partial charge in [-0.3, -0.25) is 4.99 Å². The molecule has 1 aromatic carbocycles. The van der Waals surface area contributed by atoms with E-state index in [9.17, 15) is 4.79 Å². The maximum absolute atomic E-state index is 10.4. The zero-order valence-corrected chi connectivity index (χ0v) is 11.9. The lowest BCUT2D eigenvalue weighted by atomic mass is 10.2. The molecule has 0 aliphatic heterocycles. The fourth-order valence-electron chi connectivity index (χ4n) is 1.41. The molecule has 0 spiro atoms. The molecule has 0 radical (unpaired) electrons. The van der Waals surface area contributed by atoms with E-state index in [4.69, 9.17) is 9.52 Å². The van der Waals surface area contributed by atoms with Crippen LogP contribution in [0, 0.1) is 3.77 Å². The molecule has 0 amide bonds. The fourth-order valence-corrected chi connectivity index (χ4v) is 1.85. The van der Waals surface area contributed by atoms with Gasteiger partial charge in [-0.05, 0) is 58.5 Å². The SMILES string of the molecule is O=C(O)/C=C\c1cccc(N=Cc2ccc(I)o2)c1. The molecule has 2 aromatic rings. The maximum atomic E-state index is 10.4. The predicted octanol–water partition coefficient (Wildman–Crippen LogP) is 3.73. The van der Waals surface area contributed by atoms with E-state index in [1.807, 2.05) is 30.3 Å². The van der Waals surface area contributed by atoms with Gasteiger partial charge in [-0.25, -0.2) is 4.79 Å². The largest absolute Gasteiger partial charge is 0.478 e. The summed E-state index contributed by atoms with van der Waals surface area (Å²) in [6, 6.07) is 11.0. The molecule has 0 saturated carbocycles. The molecule has 96 valence electrons. The molecule has 1 aromatic heterocycles. The second kappa shape index (κ2) is 6.33. The van der Waals surface area contributed by atoms with Crippen LogP contribution in [0.2, 0.25) is 0 Å². The van der Waals surface area contributed by atoms with Crippen molar-refractivity contribution in [3.05, 3.63) is 57.6 Å². The average molecular weight is 367 g/mol. The summed E-state index contributed by atoms with van der Waals surface area (Å²) in [5, 5.41) is 8.57. The highest BCUT2D eigenvalue weighted by molar-refractivity contribution is 14.1. The van der Waals surface area contributed by atoms with Gasteiger partial charge in [0.2, 0.25) is 0 Å². The highest BCUT2D eigenvalue weighted by atomic mass is 127. The van der Waals surface area contributed by atoms with Crippen LogP contribution in [0.1, 0.15) is 11.3 Å². The third-order valence-corrected chi connectivity index (χ3v) is 2.80. The van der Waals surface area contributed by atoms with Gasteiger partial charge in [-0.15, -0.1) is 0 Å². The number of hydrogen-bond acceptors (Lipinski definition) is 3. The molecular formula is C14H10INO3. The van der Waals surface area contributed by atoms with Gasteiger partial charge in [-0.1, -0.05) is 12.1 Å². The number of rotatable bonds is 4. The molecular weight excluding hydrogens is 357 g/mol. The third-order valence-electron chi connectivity index (χ3n) is 2.22. The van der Waals surface area contributed by atoms with Crippen molar-refractivity contribution in [2.75, 3.05) is 0 Å². The fraction of sp³-hybridized carbons (Fsp3) is 0. The lowest BCUT2D eigenvalue weighted by Gasteiger charge is -1.95. The summed E-state index contributed by atoms with van der Waals surface area (Å²) < 4.78 is 6.16. The molecule has 0 bridgehead atoms. The monoisotopic (exact) mass is 367 g/mol. The quantitative estimate of drug-likeness (QED) is 0.509. The van der Waals surface area contributed by atoms with Gasteiger partial charge in [0.05, 0.1) is 11.9 Å². The van der Waals surface area contributed by atoms with Crippen LogP contribution in [0.4, 0.5) is 5.69 Å². The Balaban J connectivity index is 2.15.